The third-order valence-electron chi connectivity index (χ3n) is 4.28. The van der Waals surface area contributed by atoms with Crippen molar-refractivity contribution in [2.45, 2.75) is 37.5 Å². The summed E-state index contributed by atoms with van der Waals surface area (Å²) in [7, 11) is 0. The number of carbonyl (C=O) groups is 2. The molecule has 1 aliphatic rings. The highest BCUT2D eigenvalue weighted by Gasteiger charge is 2.23. The van der Waals surface area contributed by atoms with Crippen molar-refractivity contribution in [1.29, 1.82) is 0 Å². The van der Waals surface area contributed by atoms with Gasteiger partial charge >= 0.3 is 0 Å². The number of hydrogen-bond acceptors (Lipinski definition) is 3. The van der Waals surface area contributed by atoms with Crippen molar-refractivity contribution in [2.75, 3.05) is 18.4 Å². The Balaban J connectivity index is 1.90. The largest absolute Gasteiger partial charge is 0.338 e. The molecule has 5 heteroatoms. The summed E-state index contributed by atoms with van der Waals surface area (Å²) >= 11 is 1.55. The molecule has 0 bridgehead atoms. The van der Waals surface area contributed by atoms with Crippen LogP contribution in [-0.4, -0.2) is 29.8 Å². The molecule has 0 unspecified atom stereocenters. The third-order valence-corrected chi connectivity index (χ3v) is 5.44. The van der Waals surface area contributed by atoms with Crippen LogP contribution in [0.25, 0.3) is 0 Å². The van der Waals surface area contributed by atoms with Gasteiger partial charge in [0.05, 0.1) is 11.3 Å². The lowest BCUT2D eigenvalue weighted by molar-refractivity contribution is 0.0715. The number of nitrogens with zero attached hydrogens (tertiary/aromatic N) is 1. The summed E-state index contributed by atoms with van der Waals surface area (Å²) in [6.07, 6.45) is 0. The average molecular weight is 383 g/mol. The van der Waals surface area contributed by atoms with E-state index in [9.17, 15) is 9.59 Å². The number of carbonyl (C=O) groups excluding carboxylic acids is 2. The summed E-state index contributed by atoms with van der Waals surface area (Å²) in [5.41, 5.74) is 1.97. The number of fused-ring (bicyclic) bond motifs is 2. The van der Waals surface area contributed by atoms with Gasteiger partial charge in [-0.2, -0.15) is 0 Å². The number of nitrogens with one attached hydrogen (secondary N) is 1. The Hall–Kier alpha value is -2.27. The zero-order chi connectivity index (χ0) is 19.6. The normalized spacial score (nSPS) is 13.0. The summed E-state index contributed by atoms with van der Waals surface area (Å²) in [4.78, 5) is 29.4. The molecule has 1 N–H and O–H groups in total. The molecule has 27 heavy (non-hydrogen) atoms. The Bertz CT molecular complexity index is 851. The minimum atomic E-state index is -0.136. The maximum Gasteiger partial charge on any atom is 0.256 e. The van der Waals surface area contributed by atoms with Gasteiger partial charge < -0.3 is 10.2 Å². The van der Waals surface area contributed by atoms with E-state index in [1.807, 2.05) is 47.4 Å². The van der Waals surface area contributed by atoms with Gasteiger partial charge in [0.25, 0.3) is 11.8 Å². The summed E-state index contributed by atoms with van der Waals surface area (Å²) in [6.45, 7) is 9.91. The molecule has 0 saturated heterocycles. The number of benzene rings is 2. The Kier molecular flexibility index (Phi) is 5.90. The number of amides is 2. The second-order valence-electron chi connectivity index (χ2n) is 7.76. The molecule has 1 heterocycles. The Morgan fingerprint density at radius 3 is 2.33 bits per heavy atom. The molecule has 0 radical (unpaired) electrons. The smallest absolute Gasteiger partial charge is 0.256 e. The minimum Gasteiger partial charge on any atom is -0.338 e. The maximum atomic E-state index is 13.1. The number of hydrogen-bond donors (Lipinski definition) is 1. The first-order valence-electron chi connectivity index (χ1n) is 9.36. The summed E-state index contributed by atoms with van der Waals surface area (Å²) in [5, 5.41) is 2.96. The minimum absolute atomic E-state index is 0.0150. The fraction of sp³-hybridized carbons (Fsp3) is 0.364. The van der Waals surface area contributed by atoms with Crippen molar-refractivity contribution in [1.82, 2.24) is 4.90 Å². The van der Waals surface area contributed by atoms with Crippen molar-refractivity contribution in [3.63, 3.8) is 0 Å². The maximum absolute atomic E-state index is 13.1. The zero-order valence-electron chi connectivity index (χ0n) is 16.3. The van der Waals surface area contributed by atoms with E-state index in [1.54, 1.807) is 11.8 Å². The highest BCUT2D eigenvalue weighted by Crippen LogP contribution is 2.39. The highest BCUT2D eigenvalue weighted by molar-refractivity contribution is 7.99. The van der Waals surface area contributed by atoms with Gasteiger partial charge in [-0.15, -0.1) is 0 Å². The van der Waals surface area contributed by atoms with Crippen LogP contribution in [-0.2, 0) is 0 Å². The van der Waals surface area contributed by atoms with Crippen LogP contribution in [0.3, 0.4) is 0 Å². The summed E-state index contributed by atoms with van der Waals surface area (Å²) < 4.78 is 0. The third kappa shape index (κ3) is 4.53. The second kappa shape index (κ2) is 8.17. The van der Waals surface area contributed by atoms with E-state index in [0.29, 0.717) is 28.7 Å². The van der Waals surface area contributed by atoms with Gasteiger partial charge in [-0.1, -0.05) is 51.6 Å². The molecule has 2 aromatic carbocycles. The lowest BCUT2D eigenvalue weighted by atomic mass is 10.1. The van der Waals surface area contributed by atoms with Crippen molar-refractivity contribution >= 4 is 29.3 Å². The van der Waals surface area contributed by atoms with Crippen LogP contribution in [0.2, 0.25) is 0 Å². The van der Waals surface area contributed by atoms with Crippen LogP contribution < -0.4 is 5.32 Å². The molecular formula is C22H26N2O2S. The molecule has 0 aromatic heterocycles. The number of rotatable bonds is 5. The fourth-order valence-corrected chi connectivity index (χ4v) is 4.22. The monoisotopic (exact) mass is 382 g/mol. The van der Waals surface area contributed by atoms with Crippen molar-refractivity contribution in [3.8, 4) is 0 Å². The molecule has 2 amide bonds. The van der Waals surface area contributed by atoms with Gasteiger partial charge in [-0.05, 0) is 42.2 Å². The Labute approximate surface area is 165 Å². The van der Waals surface area contributed by atoms with E-state index < -0.39 is 0 Å². The lowest BCUT2D eigenvalue weighted by Crippen LogP contribution is -2.37. The first kappa shape index (κ1) is 19.5. The average Bonchev–Trinajstić information content (AvgIpc) is 2.75. The van der Waals surface area contributed by atoms with Crippen molar-refractivity contribution in [2.24, 2.45) is 11.8 Å². The molecular weight excluding hydrogens is 356 g/mol. The van der Waals surface area contributed by atoms with Crippen LogP contribution in [0.15, 0.2) is 52.3 Å². The predicted molar refractivity (Wildman–Crippen MR) is 111 cm³/mol. The molecule has 1 aliphatic heterocycles. The second-order valence-corrected chi connectivity index (χ2v) is 8.84. The highest BCUT2D eigenvalue weighted by atomic mass is 32.2. The van der Waals surface area contributed by atoms with Gasteiger partial charge in [0, 0.05) is 28.4 Å². The molecule has 0 saturated carbocycles. The molecule has 0 atom stereocenters. The van der Waals surface area contributed by atoms with Crippen molar-refractivity contribution < 1.29 is 9.59 Å². The Morgan fingerprint density at radius 2 is 1.67 bits per heavy atom. The van der Waals surface area contributed by atoms with E-state index in [1.165, 1.54) is 0 Å². The zero-order valence-corrected chi connectivity index (χ0v) is 17.1. The van der Waals surface area contributed by atoms with Crippen LogP contribution in [0.5, 0.6) is 0 Å². The topological polar surface area (TPSA) is 49.4 Å². The lowest BCUT2D eigenvalue weighted by Gasteiger charge is -2.26. The van der Waals surface area contributed by atoms with Crippen molar-refractivity contribution in [3.05, 3.63) is 53.6 Å². The van der Waals surface area contributed by atoms with Crippen LogP contribution in [0.1, 0.15) is 48.4 Å². The molecule has 0 aliphatic carbocycles. The SMILES string of the molecule is CC(C)CN(CC(C)C)C(=O)c1ccc2c(c1)NC(=O)c1ccccc1S2. The van der Waals surface area contributed by atoms with Crippen LogP contribution in [0.4, 0.5) is 5.69 Å². The first-order chi connectivity index (χ1) is 12.8. The Morgan fingerprint density at radius 1 is 1.00 bits per heavy atom. The van der Waals surface area contributed by atoms with Gasteiger partial charge in [-0.3, -0.25) is 9.59 Å². The molecule has 4 nitrogen and oxygen atoms in total. The van der Waals surface area contributed by atoms with Crippen LogP contribution >= 0.6 is 11.8 Å². The first-order valence-corrected chi connectivity index (χ1v) is 10.2. The predicted octanol–water partition coefficient (Wildman–Crippen LogP) is 5.16. The van der Waals surface area contributed by atoms with E-state index in [4.69, 9.17) is 0 Å². The molecule has 142 valence electrons. The van der Waals surface area contributed by atoms with Gasteiger partial charge in [0.2, 0.25) is 0 Å². The molecule has 2 aromatic rings. The van der Waals surface area contributed by atoms with E-state index in [-0.39, 0.29) is 11.8 Å². The van der Waals surface area contributed by atoms with E-state index in [2.05, 4.69) is 33.0 Å². The molecule has 3 rings (SSSR count). The molecule has 0 fully saturated rings. The molecule has 0 spiro atoms. The summed E-state index contributed by atoms with van der Waals surface area (Å²) in [5.74, 6) is 0.681. The van der Waals surface area contributed by atoms with Gasteiger partial charge in [-0.25, -0.2) is 0 Å². The van der Waals surface area contributed by atoms with Gasteiger partial charge in [0.1, 0.15) is 0 Å². The quantitative estimate of drug-likeness (QED) is 0.777. The van der Waals surface area contributed by atoms with E-state index in [0.717, 1.165) is 22.9 Å². The summed E-state index contributed by atoms with van der Waals surface area (Å²) in [6, 6.07) is 13.2. The fourth-order valence-electron chi connectivity index (χ4n) is 3.21. The van der Waals surface area contributed by atoms with Crippen LogP contribution in [0, 0.1) is 11.8 Å². The number of anilines is 1. The van der Waals surface area contributed by atoms with Gasteiger partial charge in [0.15, 0.2) is 0 Å². The van der Waals surface area contributed by atoms with E-state index >= 15 is 0 Å². The standard InChI is InChI=1S/C22H26N2O2S/c1-14(2)12-24(13-15(3)4)22(26)16-9-10-20-18(11-16)23-21(25)17-7-5-6-8-19(17)27-20/h5-11,14-15H,12-13H2,1-4H3,(H,23,25).